The molecule has 1 aliphatic rings. The second-order valence-corrected chi connectivity index (χ2v) is 7.26. The standard InChI is InChI=1S/C19H20N4O3S/c24-17(15-12-20-19-23(18(15)25)8-11-27-19)21-16(14-4-2-1-3-5-14)13-22-6-9-26-10-7-22/h1-5,8,11-12,16H,6-7,9-10,13H2,(H,21,24). The van der Waals surface area contributed by atoms with Crippen LogP contribution >= 0.6 is 11.3 Å². The van der Waals surface area contributed by atoms with Crippen LogP contribution in [0.4, 0.5) is 0 Å². The van der Waals surface area contributed by atoms with Crippen LogP contribution in [0.3, 0.4) is 0 Å². The summed E-state index contributed by atoms with van der Waals surface area (Å²) >= 11 is 1.36. The van der Waals surface area contributed by atoms with Gasteiger partial charge in [-0.1, -0.05) is 30.3 Å². The molecule has 1 amide bonds. The Kier molecular flexibility index (Phi) is 5.28. The number of ether oxygens (including phenoxy) is 1. The molecule has 1 aromatic carbocycles. The molecule has 27 heavy (non-hydrogen) atoms. The van der Waals surface area contributed by atoms with Gasteiger partial charge in [-0.05, 0) is 5.56 Å². The summed E-state index contributed by atoms with van der Waals surface area (Å²) in [6.07, 6.45) is 2.99. The van der Waals surface area contributed by atoms with Crippen molar-refractivity contribution in [2.45, 2.75) is 6.04 Å². The number of amides is 1. The van der Waals surface area contributed by atoms with Gasteiger partial charge in [0.05, 0.1) is 19.3 Å². The number of carbonyl (C=O) groups excluding carboxylic acids is 1. The first-order chi connectivity index (χ1) is 13.2. The summed E-state index contributed by atoms with van der Waals surface area (Å²) in [6, 6.07) is 9.58. The Morgan fingerprint density at radius 2 is 2.04 bits per heavy atom. The van der Waals surface area contributed by atoms with Gasteiger partial charge in [-0.25, -0.2) is 4.98 Å². The fraction of sp³-hybridized carbons (Fsp3) is 0.316. The molecular formula is C19H20N4O3S. The number of hydrogen-bond donors (Lipinski definition) is 1. The maximum Gasteiger partial charge on any atom is 0.271 e. The molecule has 1 N–H and O–H groups in total. The third-order valence-electron chi connectivity index (χ3n) is 4.64. The van der Waals surface area contributed by atoms with E-state index < -0.39 is 5.91 Å². The lowest BCUT2D eigenvalue weighted by Gasteiger charge is -2.31. The second-order valence-electron chi connectivity index (χ2n) is 6.38. The first kappa shape index (κ1) is 17.8. The Balaban J connectivity index is 1.58. The molecule has 0 bridgehead atoms. The molecule has 0 aliphatic carbocycles. The number of aromatic nitrogens is 2. The zero-order valence-corrected chi connectivity index (χ0v) is 15.5. The second kappa shape index (κ2) is 7.99. The highest BCUT2D eigenvalue weighted by Gasteiger charge is 2.22. The monoisotopic (exact) mass is 384 g/mol. The van der Waals surface area contributed by atoms with E-state index in [0.29, 0.717) is 24.7 Å². The Labute approximate surface area is 160 Å². The van der Waals surface area contributed by atoms with E-state index in [2.05, 4.69) is 15.2 Å². The molecule has 8 heteroatoms. The van der Waals surface area contributed by atoms with Crippen molar-refractivity contribution in [3.8, 4) is 0 Å². The van der Waals surface area contributed by atoms with Crippen molar-refractivity contribution in [2.24, 2.45) is 0 Å². The van der Waals surface area contributed by atoms with Gasteiger partial charge in [0.25, 0.3) is 11.5 Å². The highest BCUT2D eigenvalue weighted by atomic mass is 32.1. The molecule has 2 aromatic heterocycles. The fourth-order valence-electron chi connectivity index (χ4n) is 3.18. The van der Waals surface area contributed by atoms with E-state index in [0.717, 1.165) is 18.7 Å². The molecule has 4 rings (SSSR count). The predicted molar refractivity (Wildman–Crippen MR) is 103 cm³/mol. The first-order valence-corrected chi connectivity index (χ1v) is 9.71. The molecule has 1 fully saturated rings. The Morgan fingerprint density at radius 3 is 2.81 bits per heavy atom. The number of nitrogens with one attached hydrogen (secondary N) is 1. The summed E-state index contributed by atoms with van der Waals surface area (Å²) in [5.74, 6) is -0.407. The van der Waals surface area contributed by atoms with Gasteiger partial charge in [-0.15, -0.1) is 11.3 Å². The number of benzene rings is 1. The molecule has 1 atom stereocenters. The van der Waals surface area contributed by atoms with Gasteiger partial charge in [-0.3, -0.25) is 18.9 Å². The number of hydrogen-bond acceptors (Lipinski definition) is 6. The molecule has 7 nitrogen and oxygen atoms in total. The van der Waals surface area contributed by atoms with E-state index in [1.54, 1.807) is 11.6 Å². The summed E-state index contributed by atoms with van der Waals surface area (Å²) < 4.78 is 6.81. The molecular weight excluding hydrogens is 364 g/mol. The SMILES string of the molecule is O=C(NC(CN1CCOCC1)c1ccccc1)c1cnc2sccn2c1=O. The molecule has 0 spiro atoms. The van der Waals surface area contributed by atoms with Crippen LogP contribution in [0.15, 0.2) is 52.9 Å². The fourth-order valence-corrected chi connectivity index (χ4v) is 3.85. The van der Waals surface area contributed by atoms with E-state index in [-0.39, 0.29) is 17.2 Å². The zero-order valence-electron chi connectivity index (χ0n) is 14.7. The summed E-state index contributed by atoms with van der Waals surface area (Å²) in [6.45, 7) is 3.69. The lowest BCUT2D eigenvalue weighted by molar-refractivity contribution is 0.0332. The summed E-state index contributed by atoms with van der Waals surface area (Å²) in [5, 5.41) is 4.80. The number of rotatable bonds is 5. The number of thiazole rings is 1. The van der Waals surface area contributed by atoms with Gasteiger partial charge in [0.15, 0.2) is 4.96 Å². The van der Waals surface area contributed by atoms with Crippen molar-refractivity contribution in [3.63, 3.8) is 0 Å². The van der Waals surface area contributed by atoms with Crippen LogP contribution in [0.1, 0.15) is 22.0 Å². The lowest BCUT2D eigenvalue weighted by atomic mass is 10.1. The molecule has 1 aliphatic heterocycles. The molecule has 3 aromatic rings. The van der Waals surface area contributed by atoms with Crippen LogP contribution in [0.25, 0.3) is 4.96 Å². The molecule has 0 saturated carbocycles. The van der Waals surface area contributed by atoms with Crippen molar-refractivity contribution in [1.29, 1.82) is 0 Å². The van der Waals surface area contributed by atoms with Crippen LogP contribution in [0.5, 0.6) is 0 Å². The smallest absolute Gasteiger partial charge is 0.271 e. The largest absolute Gasteiger partial charge is 0.379 e. The maximum absolute atomic E-state index is 12.9. The van der Waals surface area contributed by atoms with Crippen molar-refractivity contribution < 1.29 is 9.53 Å². The van der Waals surface area contributed by atoms with Crippen molar-refractivity contribution in [3.05, 3.63) is 69.6 Å². The molecule has 140 valence electrons. The summed E-state index contributed by atoms with van der Waals surface area (Å²) in [7, 11) is 0. The Morgan fingerprint density at radius 1 is 1.26 bits per heavy atom. The minimum atomic E-state index is -0.407. The van der Waals surface area contributed by atoms with E-state index in [4.69, 9.17) is 4.74 Å². The van der Waals surface area contributed by atoms with Crippen LogP contribution in [-0.4, -0.2) is 53.0 Å². The van der Waals surface area contributed by atoms with Gasteiger partial charge in [-0.2, -0.15) is 0 Å². The van der Waals surface area contributed by atoms with Crippen LogP contribution in [-0.2, 0) is 4.74 Å². The predicted octanol–water partition coefficient (Wildman–Crippen LogP) is 1.56. The average Bonchev–Trinajstić information content (AvgIpc) is 3.19. The van der Waals surface area contributed by atoms with Gasteiger partial charge in [0.1, 0.15) is 5.56 Å². The van der Waals surface area contributed by atoms with Gasteiger partial charge in [0, 0.05) is 37.4 Å². The van der Waals surface area contributed by atoms with E-state index in [1.807, 2.05) is 30.3 Å². The number of nitrogens with zero attached hydrogens (tertiary/aromatic N) is 3. The quantitative estimate of drug-likeness (QED) is 0.723. The summed E-state index contributed by atoms with van der Waals surface area (Å²) in [5.41, 5.74) is 0.702. The Hall–Kier alpha value is -2.55. The number of fused-ring (bicyclic) bond motifs is 1. The lowest BCUT2D eigenvalue weighted by Crippen LogP contribution is -2.44. The number of carbonyl (C=O) groups is 1. The minimum Gasteiger partial charge on any atom is -0.379 e. The summed E-state index contributed by atoms with van der Waals surface area (Å²) in [4.78, 5) is 32.5. The van der Waals surface area contributed by atoms with Gasteiger partial charge < -0.3 is 10.1 Å². The van der Waals surface area contributed by atoms with Crippen LogP contribution < -0.4 is 10.9 Å². The highest BCUT2D eigenvalue weighted by molar-refractivity contribution is 7.15. The van der Waals surface area contributed by atoms with Crippen molar-refractivity contribution in [1.82, 2.24) is 19.6 Å². The molecule has 3 heterocycles. The van der Waals surface area contributed by atoms with E-state index in [1.165, 1.54) is 21.9 Å². The minimum absolute atomic E-state index is 0.0498. The van der Waals surface area contributed by atoms with E-state index in [9.17, 15) is 9.59 Å². The van der Waals surface area contributed by atoms with Crippen LogP contribution in [0.2, 0.25) is 0 Å². The van der Waals surface area contributed by atoms with Gasteiger partial charge in [0.2, 0.25) is 0 Å². The molecule has 1 unspecified atom stereocenters. The number of morpholine rings is 1. The topological polar surface area (TPSA) is 75.9 Å². The molecule has 0 radical (unpaired) electrons. The maximum atomic E-state index is 12.9. The van der Waals surface area contributed by atoms with Crippen molar-refractivity contribution >= 4 is 22.2 Å². The average molecular weight is 384 g/mol. The third kappa shape index (κ3) is 3.92. The van der Waals surface area contributed by atoms with Gasteiger partial charge >= 0.3 is 0 Å². The Bertz CT molecular complexity index is 979. The zero-order chi connectivity index (χ0) is 18.6. The van der Waals surface area contributed by atoms with Crippen LogP contribution in [0, 0.1) is 0 Å². The molecule has 1 saturated heterocycles. The highest BCUT2D eigenvalue weighted by Crippen LogP contribution is 2.16. The third-order valence-corrected chi connectivity index (χ3v) is 5.41. The first-order valence-electron chi connectivity index (χ1n) is 8.83. The van der Waals surface area contributed by atoms with E-state index >= 15 is 0 Å². The normalized spacial score (nSPS) is 16.3. The van der Waals surface area contributed by atoms with Crippen molar-refractivity contribution in [2.75, 3.05) is 32.8 Å².